The predicted octanol–water partition coefficient (Wildman–Crippen LogP) is 5.14. The van der Waals surface area contributed by atoms with Gasteiger partial charge in [-0.15, -0.1) is 0 Å². The van der Waals surface area contributed by atoms with Crippen LogP contribution < -0.4 is 19.6 Å². The number of hydrazone groups is 1. The number of rotatable bonds is 10. The number of phenols is 1. The van der Waals surface area contributed by atoms with Crippen LogP contribution in [0.4, 0.5) is 0 Å². The van der Waals surface area contributed by atoms with Gasteiger partial charge < -0.3 is 19.3 Å². The number of benzene rings is 3. The van der Waals surface area contributed by atoms with Gasteiger partial charge in [-0.25, -0.2) is 5.43 Å². The molecule has 0 atom stereocenters. The SMILES string of the molecule is CCOc1cc(C(=O)N/N=C/c2cc(I)c(O)c(OCC)c2)ccc1OCc1ccccc1. The third-order valence-electron chi connectivity index (χ3n) is 4.47. The van der Waals surface area contributed by atoms with Crippen molar-refractivity contribution < 1.29 is 24.1 Å². The lowest BCUT2D eigenvalue weighted by Gasteiger charge is -2.13. The molecule has 0 unspecified atom stereocenters. The minimum atomic E-state index is -0.389. The molecular weight excluding hydrogens is 535 g/mol. The standard InChI is InChI=1S/C25H25IN2O5/c1-3-31-22-14-19(10-11-21(22)33-16-17-8-6-5-7-9-17)25(30)28-27-15-18-12-20(26)24(29)23(13-18)32-4-2/h5-15,29H,3-4,16H2,1-2H3,(H,28,30)/b27-15+. The van der Waals surface area contributed by atoms with Gasteiger partial charge in [0.1, 0.15) is 6.61 Å². The Kier molecular flexibility index (Phi) is 8.94. The predicted molar refractivity (Wildman–Crippen MR) is 135 cm³/mol. The first-order valence-corrected chi connectivity index (χ1v) is 11.5. The van der Waals surface area contributed by atoms with Gasteiger partial charge in [-0.1, -0.05) is 30.3 Å². The number of carbonyl (C=O) groups excluding carboxylic acids is 1. The molecule has 0 bridgehead atoms. The highest BCUT2D eigenvalue weighted by Crippen LogP contribution is 2.32. The van der Waals surface area contributed by atoms with E-state index in [9.17, 15) is 9.90 Å². The number of carbonyl (C=O) groups is 1. The zero-order valence-electron chi connectivity index (χ0n) is 18.4. The van der Waals surface area contributed by atoms with E-state index in [1.807, 2.05) is 66.8 Å². The van der Waals surface area contributed by atoms with Crippen molar-refractivity contribution >= 4 is 34.7 Å². The van der Waals surface area contributed by atoms with E-state index < -0.39 is 0 Å². The quantitative estimate of drug-likeness (QED) is 0.204. The molecular formula is C25H25IN2O5. The maximum atomic E-state index is 12.6. The molecule has 0 radical (unpaired) electrons. The average Bonchev–Trinajstić information content (AvgIpc) is 2.82. The van der Waals surface area contributed by atoms with Gasteiger partial charge in [0.25, 0.3) is 5.91 Å². The number of nitrogens with zero attached hydrogens (tertiary/aromatic N) is 1. The van der Waals surface area contributed by atoms with E-state index in [-0.39, 0.29) is 11.7 Å². The summed E-state index contributed by atoms with van der Waals surface area (Å²) in [7, 11) is 0. The second-order valence-corrected chi connectivity index (χ2v) is 8.01. The van der Waals surface area contributed by atoms with Gasteiger partial charge in [0.2, 0.25) is 0 Å². The summed E-state index contributed by atoms with van der Waals surface area (Å²) in [5, 5.41) is 14.1. The Bertz CT molecular complexity index is 1120. The van der Waals surface area contributed by atoms with Crippen molar-refractivity contribution in [2.75, 3.05) is 13.2 Å². The van der Waals surface area contributed by atoms with E-state index in [0.29, 0.717) is 51.8 Å². The van der Waals surface area contributed by atoms with E-state index in [1.54, 1.807) is 30.3 Å². The molecule has 3 aromatic carbocycles. The monoisotopic (exact) mass is 560 g/mol. The lowest BCUT2D eigenvalue weighted by atomic mass is 10.2. The molecule has 0 heterocycles. The molecule has 0 fully saturated rings. The van der Waals surface area contributed by atoms with Gasteiger partial charge in [0, 0.05) is 5.56 Å². The summed E-state index contributed by atoms with van der Waals surface area (Å²) in [5.74, 6) is 1.10. The van der Waals surface area contributed by atoms with Crippen LogP contribution in [-0.2, 0) is 6.61 Å². The lowest BCUT2D eigenvalue weighted by Crippen LogP contribution is -2.17. The van der Waals surface area contributed by atoms with Crippen LogP contribution in [-0.4, -0.2) is 30.4 Å². The first-order valence-electron chi connectivity index (χ1n) is 10.4. The minimum absolute atomic E-state index is 0.0802. The third kappa shape index (κ3) is 6.85. The molecule has 0 spiro atoms. The molecule has 172 valence electrons. The highest BCUT2D eigenvalue weighted by atomic mass is 127. The molecule has 0 aromatic heterocycles. The van der Waals surface area contributed by atoms with Crippen molar-refractivity contribution in [1.29, 1.82) is 0 Å². The zero-order valence-corrected chi connectivity index (χ0v) is 20.5. The van der Waals surface area contributed by atoms with Crippen LogP contribution >= 0.6 is 22.6 Å². The maximum absolute atomic E-state index is 12.6. The number of hydrogen-bond acceptors (Lipinski definition) is 6. The van der Waals surface area contributed by atoms with Crippen molar-refractivity contribution in [3.8, 4) is 23.0 Å². The van der Waals surface area contributed by atoms with Crippen molar-refractivity contribution in [3.63, 3.8) is 0 Å². The lowest BCUT2D eigenvalue weighted by molar-refractivity contribution is 0.0954. The largest absolute Gasteiger partial charge is 0.504 e. The molecule has 0 aliphatic rings. The van der Waals surface area contributed by atoms with Gasteiger partial charge in [-0.2, -0.15) is 5.10 Å². The Morgan fingerprint density at radius 2 is 1.70 bits per heavy atom. The zero-order chi connectivity index (χ0) is 23.6. The molecule has 7 nitrogen and oxygen atoms in total. The molecule has 0 saturated carbocycles. The number of nitrogens with one attached hydrogen (secondary N) is 1. The molecule has 0 saturated heterocycles. The highest BCUT2D eigenvalue weighted by Gasteiger charge is 2.12. The van der Waals surface area contributed by atoms with Gasteiger partial charge in [-0.05, 0) is 77.9 Å². The van der Waals surface area contributed by atoms with E-state index >= 15 is 0 Å². The Hall–Kier alpha value is -3.27. The summed E-state index contributed by atoms with van der Waals surface area (Å²) in [4.78, 5) is 12.6. The fourth-order valence-corrected chi connectivity index (χ4v) is 3.56. The van der Waals surface area contributed by atoms with Crippen LogP contribution in [0.15, 0.2) is 65.8 Å². The smallest absolute Gasteiger partial charge is 0.271 e. The Balaban J connectivity index is 1.68. The molecule has 33 heavy (non-hydrogen) atoms. The fourth-order valence-electron chi connectivity index (χ4n) is 2.94. The number of hydrogen-bond donors (Lipinski definition) is 2. The number of aromatic hydroxyl groups is 1. The second-order valence-electron chi connectivity index (χ2n) is 6.85. The van der Waals surface area contributed by atoms with E-state index in [1.165, 1.54) is 6.21 Å². The van der Waals surface area contributed by atoms with E-state index in [2.05, 4.69) is 10.5 Å². The summed E-state index contributed by atoms with van der Waals surface area (Å²) >= 11 is 2.01. The number of amides is 1. The number of halogens is 1. The first-order chi connectivity index (χ1) is 16.0. The minimum Gasteiger partial charge on any atom is -0.504 e. The third-order valence-corrected chi connectivity index (χ3v) is 5.30. The van der Waals surface area contributed by atoms with Crippen LogP contribution in [0.2, 0.25) is 0 Å². The fraction of sp³-hybridized carbons (Fsp3) is 0.200. The van der Waals surface area contributed by atoms with Crippen LogP contribution in [0, 0.1) is 3.57 Å². The maximum Gasteiger partial charge on any atom is 0.271 e. The van der Waals surface area contributed by atoms with Crippen molar-refractivity contribution in [1.82, 2.24) is 5.43 Å². The highest BCUT2D eigenvalue weighted by molar-refractivity contribution is 14.1. The first kappa shape index (κ1) is 24.4. The van der Waals surface area contributed by atoms with Crippen molar-refractivity contribution in [2.24, 2.45) is 5.10 Å². The topological polar surface area (TPSA) is 89.4 Å². The summed E-state index contributed by atoms with van der Waals surface area (Å²) in [5.41, 5.74) is 4.61. The van der Waals surface area contributed by atoms with Crippen LogP contribution in [0.5, 0.6) is 23.0 Å². The summed E-state index contributed by atoms with van der Waals surface area (Å²) < 4.78 is 17.6. The van der Waals surface area contributed by atoms with Crippen LogP contribution in [0.3, 0.4) is 0 Å². The molecule has 0 aliphatic heterocycles. The van der Waals surface area contributed by atoms with Crippen LogP contribution in [0.1, 0.15) is 35.3 Å². The normalized spacial score (nSPS) is 10.8. The summed E-state index contributed by atoms with van der Waals surface area (Å²) in [6, 6.07) is 18.2. The van der Waals surface area contributed by atoms with Crippen molar-refractivity contribution in [3.05, 3.63) is 80.9 Å². The molecule has 3 aromatic rings. The molecule has 2 N–H and O–H groups in total. The van der Waals surface area contributed by atoms with Crippen LogP contribution in [0.25, 0.3) is 0 Å². The van der Waals surface area contributed by atoms with Gasteiger partial charge in [-0.3, -0.25) is 4.79 Å². The molecule has 0 aliphatic carbocycles. The van der Waals surface area contributed by atoms with Gasteiger partial charge in [0.05, 0.1) is 23.0 Å². The van der Waals surface area contributed by atoms with Gasteiger partial charge in [0.15, 0.2) is 23.0 Å². The second kappa shape index (κ2) is 12.1. The van der Waals surface area contributed by atoms with Gasteiger partial charge >= 0.3 is 0 Å². The Labute approximate surface area is 206 Å². The summed E-state index contributed by atoms with van der Waals surface area (Å²) in [6.45, 7) is 4.96. The Morgan fingerprint density at radius 3 is 2.42 bits per heavy atom. The average molecular weight is 560 g/mol. The number of phenolic OH excluding ortho intramolecular Hbond substituents is 1. The molecule has 1 amide bonds. The number of ether oxygens (including phenoxy) is 3. The van der Waals surface area contributed by atoms with E-state index in [0.717, 1.165) is 5.56 Å². The summed E-state index contributed by atoms with van der Waals surface area (Å²) in [6.07, 6.45) is 1.49. The molecule has 3 rings (SSSR count). The Morgan fingerprint density at radius 1 is 0.970 bits per heavy atom. The van der Waals surface area contributed by atoms with Crippen molar-refractivity contribution in [2.45, 2.75) is 20.5 Å². The molecule has 8 heteroatoms. The van der Waals surface area contributed by atoms with E-state index in [4.69, 9.17) is 14.2 Å².